The third-order valence-electron chi connectivity index (χ3n) is 3.93. The normalized spacial score (nSPS) is 11.2. The molecule has 0 spiro atoms. The molecule has 8 nitrogen and oxygen atoms in total. The van der Waals surface area contributed by atoms with Crippen molar-refractivity contribution in [2.24, 2.45) is 5.73 Å². The molecule has 0 atom stereocenters. The highest BCUT2D eigenvalue weighted by Crippen LogP contribution is 2.23. The van der Waals surface area contributed by atoms with Gasteiger partial charge in [0, 0.05) is 12.4 Å². The van der Waals surface area contributed by atoms with Crippen molar-refractivity contribution in [1.29, 1.82) is 0 Å². The Kier molecular flexibility index (Phi) is 5.16. The number of pyridine rings is 2. The number of halogens is 1. The fourth-order valence-corrected chi connectivity index (χ4v) is 2.45. The first-order valence-corrected chi connectivity index (χ1v) is 8.46. The lowest BCUT2D eigenvalue weighted by atomic mass is 10.1. The lowest BCUT2D eigenvalue weighted by molar-refractivity contribution is 0.0893. The molecule has 3 aromatic rings. The van der Waals surface area contributed by atoms with Crippen LogP contribution in [0.3, 0.4) is 0 Å². The molecular weight excluding hydrogens is 363 g/mol. The van der Waals surface area contributed by atoms with E-state index in [9.17, 15) is 14.0 Å². The molecule has 3 heterocycles. The average molecular weight is 382 g/mol. The quantitative estimate of drug-likeness (QED) is 0.676. The number of primary amides is 1. The summed E-state index contributed by atoms with van der Waals surface area (Å²) in [6.07, 6.45) is 4.55. The number of aromatic nitrogens is 4. The summed E-state index contributed by atoms with van der Waals surface area (Å²) in [6.45, 7) is 2.44. The van der Waals surface area contributed by atoms with Crippen molar-refractivity contribution in [3.63, 3.8) is 0 Å². The molecule has 144 valence electrons. The Morgan fingerprint density at radius 2 is 2.04 bits per heavy atom. The molecule has 0 aliphatic heterocycles. The maximum absolute atomic E-state index is 13.1. The van der Waals surface area contributed by atoms with Crippen LogP contribution in [0, 0.1) is 0 Å². The maximum Gasteiger partial charge on any atom is 0.272 e. The molecule has 0 aliphatic rings. The zero-order chi connectivity index (χ0) is 20.3. The molecule has 0 unspecified atom stereocenters. The van der Waals surface area contributed by atoms with E-state index in [4.69, 9.17) is 5.73 Å². The number of carbonyl (C=O) groups excluding carboxylic acids is 2. The Labute approximate surface area is 160 Å². The van der Waals surface area contributed by atoms with Gasteiger partial charge in [-0.1, -0.05) is 0 Å². The van der Waals surface area contributed by atoms with Gasteiger partial charge in [0.05, 0.1) is 34.4 Å². The topological polar surface area (TPSA) is 116 Å². The fourth-order valence-electron chi connectivity index (χ4n) is 2.45. The molecule has 0 fully saturated rings. The number of hydrogen-bond acceptors (Lipinski definition) is 5. The van der Waals surface area contributed by atoms with E-state index >= 15 is 0 Å². The van der Waals surface area contributed by atoms with Crippen LogP contribution in [0.25, 0.3) is 17.1 Å². The maximum atomic E-state index is 13.1. The molecule has 3 aromatic heterocycles. The van der Waals surface area contributed by atoms with Crippen LogP contribution in [-0.2, 0) is 0 Å². The second-order valence-electron chi connectivity index (χ2n) is 6.81. The molecule has 2 amide bonds. The highest BCUT2D eigenvalue weighted by atomic mass is 19.1. The van der Waals surface area contributed by atoms with Gasteiger partial charge >= 0.3 is 0 Å². The van der Waals surface area contributed by atoms with Gasteiger partial charge in [-0.05, 0) is 44.2 Å². The lowest BCUT2D eigenvalue weighted by Crippen LogP contribution is -2.45. The molecule has 0 saturated heterocycles. The first-order valence-electron chi connectivity index (χ1n) is 8.46. The van der Waals surface area contributed by atoms with Gasteiger partial charge in [-0.2, -0.15) is 5.10 Å². The molecule has 0 radical (unpaired) electrons. The van der Waals surface area contributed by atoms with Gasteiger partial charge in [0.2, 0.25) is 5.91 Å². The molecule has 3 rings (SSSR count). The summed E-state index contributed by atoms with van der Waals surface area (Å²) in [5.41, 5.74) is 6.19. The number of alkyl halides is 1. The average Bonchev–Trinajstić information content (AvgIpc) is 3.14. The van der Waals surface area contributed by atoms with Crippen molar-refractivity contribution in [3.8, 4) is 17.1 Å². The number of nitrogens with zero attached hydrogens (tertiary/aromatic N) is 4. The third kappa shape index (κ3) is 4.03. The molecule has 0 saturated carbocycles. The second-order valence-corrected chi connectivity index (χ2v) is 6.81. The van der Waals surface area contributed by atoms with E-state index in [0.29, 0.717) is 17.1 Å². The molecular formula is C19H19FN6O2. The molecule has 3 N–H and O–H groups in total. The van der Waals surface area contributed by atoms with E-state index in [1.807, 2.05) is 0 Å². The van der Waals surface area contributed by atoms with Crippen molar-refractivity contribution in [2.45, 2.75) is 19.4 Å². The van der Waals surface area contributed by atoms with Crippen molar-refractivity contribution in [2.75, 3.05) is 6.67 Å². The summed E-state index contributed by atoms with van der Waals surface area (Å²) in [7, 11) is 0. The predicted octanol–water partition coefficient (Wildman–Crippen LogP) is 1.91. The van der Waals surface area contributed by atoms with Crippen LogP contribution in [0.5, 0.6) is 0 Å². The second kappa shape index (κ2) is 7.55. The fraction of sp³-hybridized carbons (Fsp3) is 0.211. The largest absolute Gasteiger partial charge is 0.366 e. The highest BCUT2D eigenvalue weighted by Gasteiger charge is 2.24. The van der Waals surface area contributed by atoms with Gasteiger partial charge in [-0.3, -0.25) is 19.6 Å². The van der Waals surface area contributed by atoms with Crippen LogP contribution < -0.4 is 11.1 Å². The Hall–Kier alpha value is -3.62. The molecule has 9 heteroatoms. The molecule has 0 aliphatic carbocycles. The van der Waals surface area contributed by atoms with Gasteiger partial charge in [0.25, 0.3) is 5.91 Å². The summed E-state index contributed by atoms with van der Waals surface area (Å²) >= 11 is 0. The van der Waals surface area contributed by atoms with Crippen LogP contribution in [0.15, 0.2) is 48.9 Å². The standard InChI is InChI=1S/C19H19FN6O2/c1-19(2,11-20)24-18(28)15-8-16(14-6-5-12(9-23-14)17(21)27)26(25-15)13-4-3-7-22-10-13/h3-10H,11H2,1-2H3,(H2,21,27)(H,24,28). The van der Waals surface area contributed by atoms with Crippen LogP contribution in [-0.4, -0.2) is 43.8 Å². The number of nitrogens with two attached hydrogens (primary N) is 1. The predicted molar refractivity (Wildman–Crippen MR) is 101 cm³/mol. The van der Waals surface area contributed by atoms with E-state index in [-0.39, 0.29) is 11.3 Å². The summed E-state index contributed by atoms with van der Waals surface area (Å²) in [5.74, 6) is -1.10. The number of rotatable bonds is 6. The third-order valence-corrected chi connectivity index (χ3v) is 3.93. The van der Waals surface area contributed by atoms with Crippen molar-refractivity contribution < 1.29 is 14.0 Å². The van der Waals surface area contributed by atoms with Gasteiger partial charge < -0.3 is 11.1 Å². The monoisotopic (exact) mass is 382 g/mol. The SMILES string of the molecule is CC(C)(CF)NC(=O)c1cc(-c2ccc(C(N)=O)cn2)n(-c2cccnc2)n1. The van der Waals surface area contributed by atoms with Crippen molar-refractivity contribution in [1.82, 2.24) is 25.1 Å². The summed E-state index contributed by atoms with van der Waals surface area (Å²) < 4.78 is 14.6. The number of hydrogen-bond donors (Lipinski definition) is 2. The first kappa shape index (κ1) is 19.2. The zero-order valence-corrected chi connectivity index (χ0v) is 15.4. The van der Waals surface area contributed by atoms with Gasteiger partial charge in [0.15, 0.2) is 5.69 Å². The van der Waals surface area contributed by atoms with Gasteiger partial charge in [-0.15, -0.1) is 0 Å². The Balaban J connectivity index is 2.06. The minimum Gasteiger partial charge on any atom is -0.366 e. The minimum atomic E-state index is -1.02. The zero-order valence-electron chi connectivity index (χ0n) is 15.4. The smallest absolute Gasteiger partial charge is 0.272 e. The summed E-state index contributed by atoms with van der Waals surface area (Å²) in [5, 5.41) is 6.95. The van der Waals surface area contributed by atoms with E-state index in [1.165, 1.54) is 16.9 Å². The highest BCUT2D eigenvalue weighted by molar-refractivity contribution is 5.94. The molecule has 28 heavy (non-hydrogen) atoms. The van der Waals surface area contributed by atoms with Crippen LogP contribution in [0.4, 0.5) is 4.39 Å². The van der Waals surface area contributed by atoms with Crippen LogP contribution >= 0.6 is 0 Å². The number of nitrogens with one attached hydrogen (secondary N) is 1. The summed E-state index contributed by atoms with van der Waals surface area (Å²) in [6, 6.07) is 8.20. The molecule has 0 bridgehead atoms. The Bertz CT molecular complexity index is 999. The van der Waals surface area contributed by atoms with Crippen LogP contribution in [0.1, 0.15) is 34.7 Å². The van der Waals surface area contributed by atoms with Crippen LogP contribution in [0.2, 0.25) is 0 Å². The lowest BCUT2D eigenvalue weighted by Gasteiger charge is -2.21. The van der Waals surface area contributed by atoms with Crippen molar-refractivity contribution in [3.05, 3.63) is 60.2 Å². The minimum absolute atomic E-state index is 0.0983. The number of carbonyl (C=O) groups is 2. The summed E-state index contributed by atoms with van der Waals surface area (Å²) in [4.78, 5) is 32.1. The van der Waals surface area contributed by atoms with E-state index < -0.39 is 24.0 Å². The van der Waals surface area contributed by atoms with E-state index in [2.05, 4.69) is 20.4 Å². The van der Waals surface area contributed by atoms with Gasteiger partial charge in [0.1, 0.15) is 6.67 Å². The van der Waals surface area contributed by atoms with E-state index in [0.717, 1.165) is 0 Å². The van der Waals surface area contributed by atoms with Gasteiger partial charge in [-0.25, -0.2) is 9.07 Å². The number of amides is 2. The first-order chi connectivity index (χ1) is 13.3. The Morgan fingerprint density at radius 1 is 1.25 bits per heavy atom. The molecule has 0 aromatic carbocycles. The Morgan fingerprint density at radius 3 is 2.61 bits per heavy atom. The van der Waals surface area contributed by atoms with E-state index in [1.54, 1.807) is 50.5 Å². The van der Waals surface area contributed by atoms with Crippen molar-refractivity contribution >= 4 is 11.8 Å².